The van der Waals surface area contributed by atoms with Gasteiger partial charge in [0.15, 0.2) is 0 Å². The zero-order chi connectivity index (χ0) is 15.6. The van der Waals surface area contributed by atoms with Crippen LogP contribution in [0.5, 0.6) is 0 Å². The zero-order valence-corrected chi connectivity index (χ0v) is 12.4. The van der Waals surface area contributed by atoms with Crippen molar-refractivity contribution >= 4 is 11.6 Å². The summed E-state index contributed by atoms with van der Waals surface area (Å²) >= 11 is 5.72. The molecule has 1 nitrogen and oxygen atoms in total. The van der Waals surface area contributed by atoms with Gasteiger partial charge in [-0.15, -0.1) is 0 Å². The number of nitrogens with one attached hydrogen (secondary N) is 1. The molecule has 112 valence electrons. The molecular formula is C16H15ClF3N. The Morgan fingerprint density at radius 3 is 2.43 bits per heavy atom. The summed E-state index contributed by atoms with van der Waals surface area (Å²) in [6.45, 7) is 3.76. The Labute approximate surface area is 126 Å². The van der Waals surface area contributed by atoms with Crippen molar-refractivity contribution in [3.05, 3.63) is 69.5 Å². The molecule has 0 heterocycles. The van der Waals surface area contributed by atoms with Gasteiger partial charge in [-0.3, -0.25) is 0 Å². The highest BCUT2D eigenvalue weighted by Gasteiger charge is 2.25. The minimum atomic E-state index is -0.910. The van der Waals surface area contributed by atoms with Crippen molar-refractivity contribution in [2.24, 2.45) is 0 Å². The fourth-order valence-electron chi connectivity index (χ4n) is 2.25. The molecule has 0 radical (unpaired) electrons. The molecule has 5 heteroatoms. The summed E-state index contributed by atoms with van der Waals surface area (Å²) < 4.78 is 42.5. The van der Waals surface area contributed by atoms with Gasteiger partial charge in [0.05, 0.1) is 6.04 Å². The van der Waals surface area contributed by atoms with E-state index in [-0.39, 0.29) is 16.1 Å². The second-order valence-corrected chi connectivity index (χ2v) is 5.18. The summed E-state index contributed by atoms with van der Waals surface area (Å²) in [5, 5.41) is 3.15. The smallest absolute Gasteiger partial charge is 0.134 e. The fraction of sp³-hybridized carbons (Fsp3) is 0.250. The lowest BCUT2D eigenvalue weighted by molar-refractivity contribution is 0.492. The summed E-state index contributed by atoms with van der Waals surface area (Å²) in [7, 11) is 0. The second kappa shape index (κ2) is 6.50. The SMILES string of the molecule is CCNC(c1ccc(Cl)cc1F)c1c(F)ccc(C)c1F. The van der Waals surface area contributed by atoms with E-state index in [0.29, 0.717) is 12.1 Å². The molecular weight excluding hydrogens is 299 g/mol. The van der Waals surface area contributed by atoms with Crippen LogP contribution in [0.15, 0.2) is 30.3 Å². The van der Waals surface area contributed by atoms with Crippen LogP contribution >= 0.6 is 11.6 Å². The molecule has 0 aliphatic heterocycles. The maximum atomic E-state index is 14.3. The monoisotopic (exact) mass is 313 g/mol. The van der Waals surface area contributed by atoms with Gasteiger partial charge in [-0.25, -0.2) is 13.2 Å². The third kappa shape index (κ3) is 3.22. The molecule has 0 spiro atoms. The van der Waals surface area contributed by atoms with Gasteiger partial charge in [-0.1, -0.05) is 30.7 Å². The van der Waals surface area contributed by atoms with E-state index in [9.17, 15) is 13.2 Å². The Balaban J connectivity index is 2.61. The Bertz CT molecular complexity index is 658. The van der Waals surface area contributed by atoms with E-state index < -0.39 is 23.5 Å². The summed E-state index contributed by atoms with van der Waals surface area (Å²) in [5.41, 5.74) is 0.284. The van der Waals surface area contributed by atoms with Gasteiger partial charge in [0, 0.05) is 16.1 Å². The Morgan fingerprint density at radius 2 is 1.81 bits per heavy atom. The van der Waals surface area contributed by atoms with Gasteiger partial charge in [0.2, 0.25) is 0 Å². The van der Waals surface area contributed by atoms with Crippen LogP contribution in [0.2, 0.25) is 5.02 Å². The Morgan fingerprint density at radius 1 is 1.10 bits per heavy atom. The number of hydrogen-bond donors (Lipinski definition) is 1. The third-order valence-electron chi connectivity index (χ3n) is 3.29. The predicted molar refractivity (Wildman–Crippen MR) is 78.0 cm³/mol. The quantitative estimate of drug-likeness (QED) is 0.857. The lowest BCUT2D eigenvalue weighted by Crippen LogP contribution is -2.25. The van der Waals surface area contributed by atoms with Gasteiger partial charge in [0.25, 0.3) is 0 Å². The highest BCUT2D eigenvalue weighted by atomic mass is 35.5. The molecule has 21 heavy (non-hydrogen) atoms. The van der Waals surface area contributed by atoms with Crippen molar-refractivity contribution in [3.8, 4) is 0 Å². The molecule has 0 bridgehead atoms. The molecule has 0 saturated heterocycles. The first-order valence-electron chi connectivity index (χ1n) is 6.58. The van der Waals surface area contributed by atoms with Crippen LogP contribution < -0.4 is 5.32 Å². The highest BCUT2D eigenvalue weighted by molar-refractivity contribution is 6.30. The van der Waals surface area contributed by atoms with E-state index in [0.717, 1.165) is 6.07 Å². The number of rotatable bonds is 4. The van der Waals surface area contributed by atoms with Crippen molar-refractivity contribution in [3.63, 3.8) is 0 Å². The molecule has 0 aromatic heterocycles. The van der Waals surface area contributed by atoms with Crippen LogP contribution in [0.4, 0.5) is 13.2 Å². The van der Waals surface area contributed by atoms with Crippen molar-refractivity contribution in [1.29, 1.82) is 0 Å². The first-order valence-corrected chi connectivity index (χ1v) is 6.96. The first kappa shape index (κ1) is 15.9. The third-order valence-corrected chi connectivity index (χ3v) is 3.53. The molecule has 1 atom stereocenters. The molecule has 2 rings (SSSR count). The molecule has 0 aliphatic carbocycles. The fourth-order valence-corrected chi connectivity index (χ4v) is 2.41. The maximum absolute atomic E-state index is 14.3. The predicted octanol–water partition coefficient (Wildman–Crippen LogP) is 4.76. The van der Waals surface area contributed by atoms with Gasteiger partial charge >= 0.3 is 0 Å². The van der Waals surface area contributed by atoms with Crippen molar-refractivity contribution < 1.29 is 13.2 Å². The molecule has 2 aromatic carbocycles. The molecule has 2 aromatic rings. The number of benzene rings is 2. The van der Waals surface area contributed by atoms with E-state index in [1.165, 1.54) is 24.3 Å². The zero-order valence-electron chi connectivity index (χ0n) is 11.7. The lowest BCUT2D eigenvalue weighted by atomic mass is 9.95. The van der Waals surface area contributed by atoms with E-state index in [4.69, 9.17) is 11.6 Å². The molecule has 1 N–H and O–H groups in total. The first-order chi connectivity index (χ1) is 9.95. The van der Waals surface area contributed by atoms with Crippen molar-refractivity contribution in [1.82, 2.24) is 5.32 Å². The lowest BCUT2D eigenvalue weighted by Gasteiger charge is -2.21. The van der Waals surface area contributed by atoms with Gasteiger partial charge in [0.1, 0.15) is 17.5 Å². The molecule has 0 amide bonds. The maximum Gasteiger partial charge on any atom is 0.134 e. The summed E-state index contributed by atoms with van der Waals surface area (Å²) in [4.78, 5) is 0. The van der Waals surface area contributed by atoms with Crippen LogP contribution in [-0.2, 0) is 0 Å². The number of aryl methyl sites for hydroxylation is 1. The van der Waals surface area contributed by atoms with E-state index in [1.54, 1.807) is 13.8 Å². The van der Waals surface area contributed by atoms with Crippen LogP contribution in [-0.4, -0.2) is 6.54 Å². The minimum Gasteiger partial charge on any atom is -0.306 e. The minimum absolute atomic E-state index is 0.157. The molecule has 0 saturated carbocycles. The highest BCUT2D eigenvalue weighted by Crippen LogP contribution is 2.31. The van der Waals surface area contributed by atoms with E-state index >= 15 is 0 Å². The van der Waals surface area contributed by atoms with E-state index in [2.05, 4.69) is 5.32 Å². The molecule has 0 aliphatic rings. The van der Waals surface area contributed by atoms with Crippen LogP contribution in [0.3, 0.4) is 0 Å². The van der Waals surface area contributed by atoms with Gasteiger partial charge < -0.3 is 5.32 Å². The molecule has 1 unspecified atom stereocenters. The van der Waals surface area contributed by atoms with E-state index in [1.807, 2.05) is 0 Å². The molecule has 0 fully saturated rings. The Kier molecular flexibility index (Phi) is 4.91. The Hall–Kier alpha value is -1.52. The normalized spacial score (nSPS) is 12.5. The number of halogens is 4. The van der Waals surface area contributed by atoms with Crippen molar-refractivity contribution in [2.45, 2.75) is 19.9 Å². The topological polar surface area (TPSA) is 12.0 Å². The largest absolute Gasteiger partial charge is 0.306 e. The average Bonchev–Trinajstić information content (AvgIpc) is 2.43. The second-order valence-electron chi connectivity index (χ2n) is 4.75. The number of hydrogen-bond acceptors (Lipinski definition) is 1. The van der Waals surface area contributed by atoms with Crippen LogP contribution in [0, 0.1) is 24.4 Å². The standard InChI is InChI=1S/C16H15ClF3N/c1-3-21-16(11-6-5-10(17)8-13(11)19)14-12(18)7-4-9(2)15(14)20/h4-8,16,21H,3H2,1-2H3. The van der Waals surface area contributed by atoms with Crippen LogP contribution in [0.1, 0.15) is 29.7 Å². The summed E-state index contributed by atoms with van der Waals surface area (Å²) in [5.74, 6) is -1.98. The van der Waals surface area contributed by atoms with Gasteiger partial charge in [-0.2, -0.15) is 0 Å². The van der Waals surface area contributed by atoms with Gasteiger partial charge in [-0.05, 0) is 37.2 Å². The summed E-state index contributed by atoms with van der Waals surface area (Å²) in [6, 6.07) is 5.70. The average molecular weight is 314 g/mol. The van der Waals surface area contributed by atoms with Crippen molar-refractivity contribution in [2.75, 3.05) is 6.54 Å². The summed E-state index contributed by atoms with van der Waals surface area (Å²) in [6.07, 6.45) is 0. The van der Waals surface area contributed by atoms with Crippen LogP contribution in [0.25, 0.3) is 0 Å².